The van der Waals surface area contributed by atoms with Crippen molar-refractivity contribution in [3.63, 3.8) is 0 Å². The minimum absolute atomic E-state index is 0.126. The average molecular weight is 307 g/mol. The van der Waals surface area contributed by atoms with Gasteiger partial charge in [0, 0.05) is 25.2 Å². The van der Waals surface area contributed by atoms with Crippen LogP contribution in [0.15, 0.2) is 12.3 Å². The largest absolute Gasteiger partial charge is 0.335 e. The van der Waals surface area contributed by atoms with Crippen LogP contribution < -0.4 is 10.6 Å². The minimum Gasteiger partial charge on any atom is -0.335 e. The number of hydrogen-bond acceptors (Lipinski definition) is 3. The number of anilines is 1. The Balaban J connectivity index is 1.80. The summed E-state index contributed by atoms with van der Waals surface area (Å²) < 4.78 is 1.86. The number of aromatic nitrogens is 2. The first-order chi connectivity index (χ1) is 10.6. The number of piperidine rings is 1. The molecule has 6 nitrogen and oxygen atoms in total. The van der Waals surface area contributed by atoms with E-state index in [9.17, 15) is 4.79 Å². The van der Waals surface area contributed by atoms with Crippen LogP contribution in [0.25, 0.3) is 0 Å². The summed E-state index contributed by atoms with van der Waals surface area (Å²) in [6.07, 6.45) is 5.95. The number of nitrogens with zero attached hydrogens (tertiary/aromatic N) is 3. The highest BCUT2D eigenvalue weighted by molar-refractivity contribution is 5.88. The van der Waals surface area contributed by atoms with Crippen molar-refractivity contribution in [2.45, 2.75) is 58.5 Å². The summed E-state index contributed by atoms with van der Waals surface area (Å²) in [6, 6.07) is 2.27. The van der Waals surface area contributed by atoms with E-state index in [0.29, 0.717) is 0 Å². The fourth-order valence-corrected chi connectivity index (χ4v) is 2.89. The lowest BCUT2D eigenvalue weighted by molar-refractivity contribution is 0.196. The average Bonchev–Trinajstić information content (AvgIpc) is 2.96. The highest BCUT2D eigenvalue weighted by atomic mass is 16.2. The number of amides is 2. The second-order valence-electron chi connectivity index (χ2n) is 6.13. The predicted octanol–water partition coefficient (Wildman–Crippen LogP) is 2.85. The predicted molar refractivity (Wildman–Crippen MR) is 89.1 cm³/mol. The van der Waals surface area contributed by atoms with Crippen LogP contribution >= 0.6 is 0 Å². The van der Waals surface area contributed by atoms with E-state index >= 15 is 0 Å². The maximum Gasteiger partial charge on any atom is 0.320 e. The number of likely N-dealkylation sites (tertiary alicyclic amines) is 1. The van der Waals surface area contributed by atoms with E-state index in [4.69, 9.17) is 0 Å². The molecule has 2 heterocycles. The Morgan fingerprint density at radius 2 is 2.14 bits per heavy atom. The molecule has 0 aromatic carbocycles. The van der Waals surface area contributed by atoms with E-state index in [1.807, 2.05) is 10.7 Å². The summed E-state index contributed by atoms with van der Waals surface area (Å²) >= 11 is 0. The van der Waals surface area contributed by atoms with E-state index < -0.39 is 0 Å². The van der Waals surface area contributed by atoms with Gasteiger partial charge in [-0.15, -0.1) is 0 Å². The summed E-state index contributed by atoms with van der Waals surface area (Å²) in [7, 11) is 0. The van der Waals surface area contributed by atoms with Gasteiger partial charge in [0.2, 0.25) is 0 Å². The normalized spacial score (nSPS) is 18.1. The monoisotopic (exact) mass is 307 g/mol. The second-order valence-corrected chi connectivity index (χ2v) is 6.13. The minimum atomic E-state index is -0.126. The molecule has 0 bridgehead atoms. The van der Waals surface area contributed by atoms with Gasteiger partial charge in [-0.1, -0.05) is 13.8 Å². The molecule has 0 radical (unpaired) electrons. The zero-order valence-corrected chi connectivity index (χ0v) is 14.0. The first-order valence-electron chi connectivity index (χ1n) is 8.47. The molecule has 1 atom stereocenters. The van der Waals surface area contributed by atoms with Crippen molar-refractivity contribution in [2.24, 2.45) is 0 Å². The van der Waals surface area contributed by atoms with Gasteiger partial charge in [0.15, 0.2) is 0 Å². The van der Waals surface area contributed by atoms with E-state index in [2.05, 4.69) is 41.4 Å². The Morgan fingerprint density at radius 3 is 2.77 bits per heavy atom. The topological polar surface area (TPSA) is 62.2 Å². The van der Waals surface area contributed by atoms with Crippen molar-refractivity contribution in [3.8, 4) is 0 Å². The van der Waals surface area contributed by atoms with Crippen LogP contribution in [-0.4, -0.2) is 46.4 Å². The number of carbonyl (C=O) groups excluding carboxylic acids is 1. The van der Waals surface area contributed by atoms with Crippen LogP contribution in [0.2, 0.25) is 0 Å². The quantitative estimate of drug-likeness (QED) is 0.849. The molecule has 0 saturated carbocycles. The number of nitrogens with one attached hydrogen (secondary N) is 2. The molecule has 1 aromatic rings. The Morgan fingerprint density at radius 1 is 1.41 bits per heavy atom. The second kappa shape index (κ2) is 8.17. The van der Waals surface area contributed by atoms with Gasteiger partial charge in [0.1, 0.15) is 5.82 Å². The van der Waals surface area contributed by atoms with Crippen LogP contribution in [-0.2, 0) is 0 Å². The standard InChI is InChI=1S/C16H29N5O/c1-4-10-20-11-7-14(8-12-20)18-16(22)19-15-6-9-17-21(15)13(3)5-2/h6,9,13-14H,4-5,7-8,10-12H2,1-3H3,(H2,18,19,22). The Labute approximate surface area is 133 Å². The smallest absolute Gasteiger partial charge is 0.320 e. The molecule has 1 saturated heterocycles. The number of carbonyl (C=O) groups is 1. The number of rotatable bonds is 6. The van der Waals surface area contributed by atoms with Crippen LogP contribution in [0, 0.1) is 0 Å². The zero-order valence-electron chi connectivity index (χ0n) is 14.0. The third-order valence-corrected chi connectivity index (χ3v) is 4.38. The highest BCUT2D eigenvalue weighted by Gasteiger charge is 2.20. The summed E-state index contributed by atoms with van der Waals surface area (Å²) in [5.41, 5.74) is 0. The first-order valence-corrected chi connectivity index (χ1v) is 8.47. The summed E-state index contributed by atoms with van der Waals surface area (Å²) in [5.74, 6) is 0.760. The zero-order chi connectivity index (χ0) is 15.9. The summed E-state index contributed by atoms with van der Waals surface area (Å²) in [4.78, 5) is 14.6. The van der Waals surface area contributed by atoms with E-state index in [0.717, 1.165) is 44.7 Å². The van der Waals surface area contributed by atoms with Gasteiger partial charge in [-0.2, -0.15) is 5.10 Å². The van der Waals surface area contributed by atoms with Crippen molar-refractivity contribution in [3.05, 3.63) is 12.3 Å². The van der Waals surface area contributed by atoms with E-state index in [1.165, 1.54) is 6.42 Å². The highest BCUT2D eigenvalue weighted by Crippen LogP contribution is 2.16. The van der Waals surface area contributed by atoms with Crippen molar-refractivity contribution in [1.29, 1.82) is 0 Å². The maximum absolute atomic E-state index is 12.2. The lowest BCUT2D eigenvalue weighted by atomic mass is 10.1. The molecule has 6 heteroatoms. The van der Waals surface area contributed by atoms with Gasteiger partial charge >= 0.3 is 6.03 Å². The van der Waals surface area contributed by atoms with Crippen LogP contribution in [0.3, 0.4) is 0 Å². The molecule has 1 aromatic heterocycles. The SMILES string of the molecule is CCCN1CCC(NC(=O)Nc2ccnn2C(C)CC)CC1. The van der Waals surface area contributed by atoms with E-state index in [-0.39, 0.29) is 18.1 Å². The van der Waals surface area contributed by atoms with Gasteiger partial charge in [0.25, 0.3) is 0 Å². The lowest BCUT2D eigenvalue weighted by Gasteiger charge is -2.32. The van der Waals surface area contributed by atoms with Crippen LogP contribution in [0.5, 0.6) is 0 Å². The van der Waals surface area contributed by atoms with Crippen molar-refractivity contribution in [2.75, 3.05) is 25.0 Å². The van der Waals surface area contributed by atoms with Crippen molar-refractivity contribution < 1.29 is 4.79 Å². The van der Waals surface area contributed by atoms with Crippen molar-refractivity contribution >= 4 is 11.8 Å². The molecule has 0 spiro atoms. The van der Waals surface area contributed by atoms with Gasteiger partial charge < -0.3 is 10.2 Å². The van der Waals surface area contributed by atoms with Gasteiger partial charge in [0.05, 0.1) is 12.2 Å². The molecular weight excluding hydrogens is 278 g/mol. The van der Waals surface area contributed by atoms with Gasteiger partial charge in [-0.25, -0.2) is 9.48 Å². The molecule has 1 aliphatic rings. The maximum atomic E-state index is 12.2. The number of hydrogen-bond donors (Lipinski definition) is 2. The number of urea groups is 1. The summed E-state index contributed by atoms with van der Waals surface area (Å²) in [6.45, 7) is 9.72. The fourth-order valence-electron chi connectivity index (χ4n) is 2.89. The fraction of sp³-hybridized carbons (Fsp3) is 0.750. The van der Waals surface area contributed by atoms with Gasteiger partial charge in [-0.3, -0.25) is 5.32 Å². The molecule has 22 heavy (non-hydrogen) atoms. The molecule has 2 amide bonds. The molecule has 0 aliphatic carbocycles. The molecule has 1 unspecified atom stereocenters. The third kappa shape index (κ3) is 4.47. The third-order valence-electron chi connectivity index (χ3n) is 4.38. The van der Waals surface area contributed by atoms with Crippen LogP contribution in [0.1, 0.15) is 52.5 Å². The van der Waals surface area contributed by atoms with Crippen molar-refractivity contribution in [1.82, 2.24) is 20.0 Å². The molecule has 124 valence electrons. The molecular formula is C16H29N5O. The molecule has 2 N–H and O–H groups in total. The summed E-state index contributed by atoms with van der Waals surface area (Å²) in [5, 5.41) is 10.3. The van der Waals surface area contributed by atoms with Crippen LogP contribution in [0.4, 0.5) is 10.6 Å². The Kier molecular flexibility index (Phi) is 6.24. The molecule has 1 aliphatic heterocycles. The Bertz CT molecular complexity index is 465. The lowest BCUT2D eigenvalue weighted by Crippen LogP contribution is -2.46. The first kappa shape index (κ1) is 16.8. The van der Waals surface area contributed by atoms with Gasteiger partial charge in [-0.05, 0) is 39.2 Å². The van der Waals surface area contributed by atoms with E-state index in [1.54, 1.807) is 6.20 Å². The Hall–Kier alpha value is -1.56. The molecule has 1 fully saturated rings. The molecule has 2 rings (SSSR count).